The number of rotatable bonds is 6. The van der Waals surface area contributed by atoms with Crippen molar-refractivity contribution in [3.05, 3.63) is 35.9 Å². The molecule has 3 N–H and O–H groups in total. The smallest absolute Gasteiger partial charge is 0.338 e. The normalized spacial score (nSPS) is 24.8. The highest BCUT2D eigenvalue weighted by Gasteiger charge is 2.47. The fourth-order valence-corrected chi connectivity index (χ4v) is 2.21. The lowest BCUT2D eigenvalue weighted by Crippen LogP contribution is -2.42. The largest absolute Gasteiger partial charge is 0.508 e. The van der Waals surface area contributed by atoms with Crippen LogP contribution in [0.5, 0.6) is 5.75 Å². The van der Waals surface area contributed by atoms with Crippen molar-refractivity contribution in [2.45, 2.75) is 24.4 Å². The highest BCUT2D eigenvalue weighted by Crippen LogP contribution is 2.21. The van der Waals surface area contributed by atoms with E-state index in [-0.39, 0.29) is 5.75 Å². The van der Waals surface area contributed by atoms with E-state index in [9.17, 15) is 19.8 Å². The molecule has 0 aliphatic carbocycles. The molecule has 8 nitrogen and oxygen atoms in total. The van der Waals surface area contributed by atoms with Crippen LogP contribution in [0.15, 0.2) is 30.3 Å². The number of phenols is 1. The predicted octanol–water partition coefficient (Wildman–Crippen LogP) is -0.389. The minimum absolute atomic E-state index is 0.110. The maximum Gasteiger partial charge on any atom is 0.338 e. The summed E-state index contributed by atoms with van der Waals surface area (Å²) in [6, 6.07) is 6.16. The molecule has 24 heavy (non-hydrogen) atoms. The molecule has 1 fully saturated rings. The molecular weight excluding hydrogens is 320 g/mol. The van der Waals surface area contributed by atoms with Crippen LogP contribution in [0.3, 0.4) is 0 Å². The van der Waals surface area contributed by atoms with Crippen molar-refractivity contribution in [3.63, 3.8) is 0 Å². The molecular formula is C16H18O8. The number of cyclic esters (lactones) is 1. The molecule has 0 amide bonds. The van der Waals surface area contributed by atoms with E-state index in [4.69, 9.17) is 19.3 Å². The second-order valence-corrected chi connectivity index (χ2v) is 5.17. The fraction of sp³-hybridized carbons (Fsp3) is 0.375. The average Bonchev–Trinajstić information content (AvgIpc) is 2.86. The van der Waals surface area contributed by atoms with Crippen LogP contribution in [-0.4, -0.2) is 65.4 Å². The van der Waals surface area contributed by atoms with E-state index in [1.807, 2.05) is 0 Å². The van der Waals surface area contributed by atoms with Crippen molar-refractivity contribution in [1.82, 2.24) is 0 Å². The Morgan fingerprint density at radius 3 is 2.67 bits per heavy atom. The van der Waals surface area contributed by atoms with Gasteiger partial charge in [-0.05, 0) is 23.8 Å². The lowest BCUT2D eigenvalue weighted by molar-refractivity contribution is -0.154. The minimum Gasteiger partial charge on any atom is -0.508 e. The van der Waals surface area contributed by atoms with E-state index in [0.29, 0.717) is 5.56 Å². The third-order valence-electron chi connectivity index (χ3n) is 3.48. The summed E-state index contributed by atoms with van der Waals surface area (Å²) in [4.78, 5) is 22.9. The Labute approximate surface area is 137 Å². The van der Waals surface area contributed by atoms with Crippen LogP contribution in [-0.2, 0) is 23.8 Å². The Bertz CT molecular complexity index is 609. The second kappa shape index (κ2) is 7.91. The molecule has 8 heteroatoms. The number of aliphatic hydroxyl groups is 2. The highest BCUT2D eigenvalue weighted by molar-refractivity contribution is 5.87. The van der Waals surface area contributed by atoms with E-state index in [1.165, 1.54) is 25.3 Å². The van der Waals surface area contributed by atoms with Gasteiger partial charge in [-0.1, -0.05) is 12.1 Å². The van der Waals surface area contributed by atoms with E-state index in [1.54, 1.807) is 12.1 Å². The molecule has 2 rings (SSSR count). The molecule has 4 unspecified atom stereocenters. The maximum atomic E-state index is 11.6. The summed E-state index contributed by atoms with van der Waals surface area (Å²) in [6.45, 7) is -0.427. The van der Waals surface area contributed by atoms with Gasteiger partial charge in [0.15, 0.2) is 12.2 Å². The van der Waals surface area contributed by atoms with Gasteiger partial charge in [-0.25, -0.2) is 9.59 Å². The quantitative estimate of drug-likeness (QED) is 0.473. The molecule has 1 heterocycles. The number of benzene rings is 1. The topological polar surface area (TPSA) is 123 Å². The minimum atomic E-state index is -1.49. The third kappa shape index (κ3) is 4.31. The summed E-state index contributed by atoms with van der Waals surface area (Å²) >= 11 is 0. The maximum absolute atomic E-state index is 11.6. The molecule has 0 aromatic heterocycles. The van der Waals surface area contributed by atoms with E-state index < -0.39 is 43.0 Å². The summed E-state index contributed by atoms with van der Waals surface area (Å²) < 4.78 is 14.6. The molecule has 0 bridgehead atoms. The van der Waals surface area contributed by atoms with Crippen LogP contribution in [0.1, 0.15) is 5.56 Å². The van der Waals surface area contributed by atoms with Crippen LogP contribution >= 0.6 is 0 Å². The van der Waals surface area contributed by atoms with Crippen molar-refractivity contribution in [1.29, 1.82) is 0 Å². The van der Waals surface area contributed by atoms with Crippen LogP contribution in [0.2, 0.25) is 0 Å². The molecule has 130 valence electrons. The van der Waals surface area contributed by atoms with Gasteiger partial charge in [0, 0.05) is 13.2 Å². The van der Waals surface area contributed by atoms with E-state index >= 15 is 0 Å². The van der Waals surface area contributed by atoms with Crippen LogP contribution in [0, 0.1) is 0 Å². The summed E-state index contributed by atoms with van der Waals surface area (Å²) in [5.74, 6) is -1.50. The van der Waals surface area contributed by atoms with E-state index in [2.05, 4.69) is 0 Å². The first kappa shape index (κ1) is 17.9. The molecule has 1 aromatic carbocycles. The Morgan fingerprint density at radius 2 is 2.04 bits per heavy atom. The summed E-state index contributed by atoms with van der Waals surface area (Å²) in [6.07, 6.45) is -2.33. The first-order chi connectivity index (χ1) is 11.4. The van der Waals surface area contributed by atoms with Gasteiger partial charge in [0.05, 0.1) is 0 Å². The third-order valence-corrected chi connectivity index (χ3v) is 3.48. The first-order valence-electron chi connectivity index (χ1n) is 7.15. The van der Waals surface area contributed by atoms with Gasteiger partial charge in [-0.3, -0.25) is 0 Å². The van der Waals surface area contributed by atoms with Crippen LogP contribution in [0.25, 0.3) is 6.08 Å². The average molecular weight is 338 g/mol. The number of methoxy groups -OCH3 is 1. The Balaban J connectivity index is 1.85. The van der Waals surface area contributed by atoms with Crippen LogP contribution < -0.4 is 0 Å². The Hall–Kier alpha value is -2.42. The number of hydrogen-bond donors (Lipinski definition) is 3. The summed E-state index contributed by atoms with van der Waals surface area (Å²) in [7, 11) is 1.27. The second-order valence-electron chi connectivity index (χ2n) is 5.17. The molecule has 0 saturated carbocycles. The van der Waals surface area contributed by atoms with Crippen LogP contribution in [0.4, 0.5) is 0 Å². The Morgan fingerprint density at radius 1 is 1.38 bits per heavy atom. The van der Waals surface area contributed by atoms with Gasteiger partial charge in [-0.15, -0.1) is 0 Å². The number of carbonyl (C=O) groups excluding carboxylic acids is 2. The number of aliphatic hydroxyl groups excluding tert-OH is 2. The van der Waals surface area contributed by atoms with Gasteiger partial charge in [0.1, 0.15) is 24.6 Å². The number of phenolic OH excluding ortho intramolecular Hbond substituents is 1. The highest BCUT2D eigenvalue weighted by atomic mass is 16.6. The standard InChI is InChI=1S/C16H18O8/c1-22-15-13(20)16(21)24-14(15)11(18)8-23-12(19)7-4-9-2-5-10(17)6-3-9/h2-7,11,13-15,17-18,20H,8H2,1H3. The molecule has 1 aliphatic heterocycles. The zero-order valence-electron chi connectivity index (χ0n) is 12.9. The fourth-order valence-electron chi connectivity index (χ4n) is 2.21. The zero-order valence-corrected chi connectivity index (χ0v) is 12.9. The zero-order chi connectivity index (χ0) is 17.7. The van der Waals surface area contributed by atoms with Crippen molar-refractivity contribution in [2.24, 2.45) is 0 Å². The number of esters is 2. The summed E-state index contributed by atoms with van der Waals surface area (Å²) in [5.41, 5.74) is 0.678. The van der Waals surface area contributed by atoms with Gasteiger partial charge in [0.25, 0.3) is 0 Å². The molecule has 1 saturated heterocycles. The predicted molar refractivity (Wildman–Crippen MR) is 80.8 cm³/mol. The molecule has 1 aromatic rings. The molecule has 4 atom stereocenters. The number of hydrogen-bond acceptors (Lipinski definition) is 8. The van der Waals surface area contributed by atoms with Crippen molar-refractivity contribution < 1.29 is 39.1 Å². The van der Waals surface area contributed by atoms with Gasteiger partial charge in [-0.2, -0.15) is 0 Å². The van der Waals surface area contributed by atoms with E-state index in [0.717, 1.165) is 6.08 Å². The van der Waals surface area contributed by atoms with Gasteiger partial charge in [0.2, 0.25) is 0 Å². The van der Waals surface area contributed by atoms with Crippen molar-refractivity contribution in [2.75, 3.05) is 13.7 Å². The van der Waals surface area contributed by atoms with Gasteiger partial charge < -0.3 is 29.5 Å². The lowest BCUT2D eigenvalue weighted by atomic mass is 10.1. The van der Waals surface area contributed by atoms with Crippen molar-refractivity contribution >= 4 is 18.0 Å². The molecule has 0 spiro atoms. The Kier molecular flexibility index (Phi) is 5.91. The number of ether oxygens (including phenoxy) is 3. The molecule has 1 aliphatic rings. The lowest BCUT2D eigenvalue weighted by Gasteiger charge is -2.21. The van der Waals surface area contributed by atoms with Gasteiger partial charge >= 0.3 is 11.9 Å². The first-order valence-corrected chi connectivity index (χ1v) is 7.15. The monoisotopic (exact) mass is 338 g/mol. The summed E-state index contributed by atoms with van der Waals surface area (Å²) in [5, 5.41) is 28.6. The number of carbonyl (C=O) groups is 2. The molecule has 0 radical (unpaired) electrons. The SMILES string of the molecule is COC1C(O)C(=O)OC1C(O)COC(=O)C=Cc1ccc(O)cc1. The van der Waals surface area contributed by atoms with Crippen molar-refractivity contribution in [3.8, 4) is 5.75 Å². The number of aromatic hydroxyl groups is 1.